The molecule has 0 aliphatic heterocycles. The summed E-state index contributed by atoms with van der Waals surface area (Å²) < 4.78 is 10.6. The molecule has 0 aliphatic rings. The molecule has 0 unspecified atom stereocenters. The summed E-state index contributed by atoms with van der Waals surface area (Å²) in [7, 11) is 1.62. The maximum atomic E-state index is 5.33. The van der Waals surface area contributed by atoms with Gasteiger partial charge in [-0.15, -0.1) is 0 Å². The molecular weight excluding hydrogens is 278 g/mol. The van der Waals surface area contributed by atoms with Crippen molar-refractivity contribution in [1.29, 1.82) is 0 Å². The van der Waals surface area contributed by atoms with Gasteiger partial charge in [0.15, 0.2) is 5.82 Å². The Morgan fingerprint density at radius 2 is 1.82 bits per heavy atom. The van der Waals surface area contributed by atoms with E-state index in [4.69, 9.17) is 9.26 Å². The van der Waals surface area contributed by atoms with Crippen LogP contribution in [0, 0.1) is 0 Å². The highest BCUT2D eigenvalue weighted by molar-refractivity contribution is 5.62. The van der Waals surface area contributed by atoms with Crippen molar-refractivity contribution < 1.29 is 9.26 Å². The highest BCUT2D eigenvalue weighted by Gasteiger charge is 2.12. The molecule has 0 fully saturated rings. The van der Waals surface area contributed by atoms with Crippen molar-refractivity contribution in [2.45, 2.75) is 6.42 Å². The van der Waals surface area contributed by atoms with Crippen molar-refractivity contribution in [3.63, 3.8) is 0 Å². The summed E-state index contributed by atoms with van der Waals surface area (Å²) in [5, 5.41) is 7.34. The molecule has 5 heteroatoms. The van der Waals surface area contributed by atoms with Gasteiger partial charge in [0, 0.05) is 18.7 Å². The van der Waals surface area contributed by atoms with Gasteiger partial charge in [-0.3, -0.25) is 0 Å². The first kappa shape index (κ1) is 14.1. The molecule has 0 amide bonds. The lowest BCUT2D eigenvalue weighted by Crippen LogP contribution is -2.05. The van der Waals surface area contributed by atoms with E-state index in [1.807, 2.05) is 54.6 Å². The predicted octanol–water partition coefficient (Wildman–Crippen LogP) is 3.40. The number of para-hydroxylation sites is 2. The number of nitrogens with one attached hydrogen (secondary N) is 1. The second-order valence-electron chi connectivity index (χ2n) is 4.76. The van der Waals surface area contributed by atoms with Crippen LogP contribution >= 0.6 is 0 Å². The fourth-order valence-electron chi connectivity index (χ4n) is 2.16. The van der Waals surface area contributed by atoms with Gasteiger partial charge in [-0.2, -0.15) is 4.98 Å². The van der Waals surface area contributed by atoms with Crippen molar-refractivity contribution >= 4 is 5.69 Å². The number of anilines is 1. The van der Waals surface area contributed by atoms with Crippen LogP contribution in [0.4, 0.5) is 5.69 Å². The lowest BCUT2D eigenvalue weighted by atomic mass is 10.2. The highest BCUT2D eigenvalue weighted by Crippen LogP contribution is 2.27. The molecule has 0 aliphatic carbocycles. The normalized spacial score (nSPS) is 10.4. The lowest BCUT2D eigenvalue weighted by Gasteiger charge is -2.03. The van der Waals surface area contributed by atoms with Gasteiger partial charge in [0.2, 0.25) is 0 Å². The summed E-state index contributed by atoms with van der Waals surface area (Å²) in [4.78, 5) is 4.42. The van der Waals surface area contributed by atoms with E-state index in [9.17, 15) is 0 Å². The second-order valence-corrected chi connectivity index (χ2v) is 4.76. The van der Waals surface area contributed by atoms with Crippen LogP contribution in [0.3, 0.4) is 0 Å². The van der Waals surface area contributed by atoms with Crippen LogP contribution in [0.2, 0.25) is 0 Å². The summed E-state index contributed by atoms with van der Waals surface area (Å²) in [5.41, 5.74) is 1.88. The SMILES string of the molecule is COc1ccccc1-c1nc(CCNc2ccccc2)no1. The molecule has 112 valence electrons. The zero-order chi connectivity index (χ0) is 15.2. The van der Waals surface area contributed by atoms with E-state index >= 15 is 0 Å². The van der Waals surface area contributed by atoms with Crippen LogP contribution in [-0.4, -0.2) is 23.8 Å². The molecular formula is C17H17N3O2. The zero-order valence-corrected chi connectivity index (χ0v) is 12.3. The van der Waals surface area contributed by atoms with E-state index in [-0.39, 0.29) is 0 Å². The van der Waals surface area contributed by atoms with Gasteiger partial charge in [0.25, 0.3) is 5.89 Å². The van der Waals surface area contributed by atoms with Crippen LogP contribution in [0.1, 0.15) is 5.82 Å². The van der Waals surface area contributed by atoms with Crippen molar-refractivity contribution in [2.24, 2.45) is 0 Å². The topological polar surface area (TPSA) is 60.2 Å². The molecule has 0 saturated heterocycles. The molecule has 0 spiro atoms. The third-order valence-electron chi connectivity index (χ3n) is 3.26. The van der Waals surface area contributed by atoms with Crippen molar-refractivity contribution in [3.8, 4) is 17.2 Å². The lowest BCUT2D eigenvalue weighted by molar-refractivity contribution is 0.403. The summed E-state index contributed by atoms with van der Waals surface area (Å²) in [6.07, 6.45) is 0.688. The fourth-order valence-corrected chi connectivity index (χ4v) is 2.16. The van der Waals surface area contributed by atoms with Gasteiger partial charge in [-0.25, -0.2) is 0 Å². The Kier molecular flexibility index (Phi) is 4.34. The third-order valence-corrected chi connectivity index (χ3v) is 3.26. The van der Waals surface area contributed by atoms with Gasteiger partial charge in [-0.1, -0.05) is 35.5 Å². The van der Waals surface area contributed by atoms with Gasteiger partial charge < -0.3 is 14.6 Å². The minimum atomic E-state index is 0.479. The Hall–Kier alpha value is -2.82. The predicted molar refractivity (Wildman–Crippen MR) is 84.9 cm³/mol. The molecule has 0 bridgehead atoms. The van der Waals surface area contributed by atoms with Crippen LogP contribution in [0.25, 0.3) is 11.5 Å². The summed E-state index contributed by atoms with van der Waals surface area (Å²) in [6.45, 7) is 0.745. The molecule has 1 N–H and O–H groups in total. The summed E-state index contributed by atoms with van der Waals surface area (Å²) in [6, 6.07) is 17.6. The van der Waals surface area contributed by atoms with Gasteiger partial charge >= 0.3 is 0 Å². The average molecular weight is 295 g/mol. The minimum Gasteiger partial charge on any atom is -0.496 e. The number of hydrogen-bond acceptors (Lipinski definition) is 5. The Labute approximate surface area is 128 Å². The fraction of sp³-hybridized carbons (Fsp3) is 0.176. The first-order valence-electron chi connectivity index (χ1n) is 7.12. The minimum absolute atomic E-state index is 0.479. The molecule has 1 aromatic heterocycles. The molecule has 0 atom stereocenters. The molecule has 3 aromatic rings. The Morgan fingerprint density at radius 3 is 2.64 bits per heavy atom. The maximum absolute atomic E-state index is 5.33. The van der Waals surface area contributed by atoms with Crippen molar-refractivity contribution in [2.75, 3.05) is 19.0 Å². The van der Waals surface area contributed by atoms with E-state index in [1.165, 1.54) is 0 Å². The van der Waals surface area contributed by atoms with Crippen LogP contribution in [-0.2, 0) is 6.42 Å². The molecule has 0 radical (unpaired) electrons. The van der Waals surface area contributed by atoms with Crippen LogP contribution in [0.5, 0.6) is 5.75 Å². The molecule has 2 aromatic carbocycles. The monoisotopic (exact) mass is 295 g/mol. The van der Waals surface area contributed by atoms with E-state index < -0.39 is 0 Å². The first-order chi connectivity index (χ1) is 10.9. The molecule has 22 heavy (non-hydrogen) atoms. The summed E-state index contributed by atoms with van der Waals surface area (Å²) in [5.74, 6) is 1.87. The zero-order valence-electron chi connectivity index (χ0n) is 12.3. The van der Waals surface area contributed by atoms with E-state index in [1.54, 1.807) is 7.11 Å². The van der Waals surface area contributed by atoms with E-state index in [0.29, 0.717) is 18.1 Å². The van der Waals surface area contributed by atoms with Crippen molar-refractivity contribution in [1.82, 2.24) is 10.1 Å². The van der Waals surface area contributed by atoms with Crippen LogP contribution < -0.4 is 10.1 Å². The number of hydrogen-bond donors (Lipinski definition) is 1. The molecule has 1 heterocycles. The number of aromatic nitrogens is 2. The van der Waals surface area contributed by atoms with Crippen LogP contribution in [0.15, 0.2) is 59.1 Å². The summed E-state index contributed by atoms with van der Waals surface area (Å²) >= 11 is 0. The smallest absolute Gasteiger partial charge is 0.261 e. The van der Waals surface area contributed by atoms with Gasteiger partial charge in [0.1, 0.15) is 5.75 Å². The third kappa shape index (κ3) is 3.25. The number of methoxy groups -OCH3 is 1. The standard InChI is InChI=1S/C17H17N3O2/c1-21-15-10-6-5-9-14(15)17-19-16(20-22-17)11-12-18-13-7-3-2-4-8-13/h2-10,18H,11-12H2,1H3. The van der Waals surface area contributed by atoms with Crippen molar-refractivity contribution in [3.05, 3.63) is 60.4 Å². The Bertz CT molecular complexity index is 726. The largest absolute Gasteiger partial charge is 0.496 e. The first-order valence-corrected chi connectivity index (χ1v) is 7.12. The number of rotatable bonds is 6. The molecule has 3 rings (SSSR count). The quantitative estimate of drug-likeness (QED) is 0.755. The average Bonchev–Trinajstić information content (AvgIpc) is 3.04. The second kappa shape index (κ2) is 6.76. The number of benzene rings is 2. The van der Waals surface area contributed by atoms with Gasteiger partial charge in [-0.05, 0) is 24.3 Å². The van der Waals surface area contributed by atoms with E-state index in [0.717, 1.165) is 23.5 Å². The highest BCUT2D eigenvalue weighted by atomic mass is 16.5. The Morgan fingerprint density at radius 1 is 1.05 bits per heavy atom. The molecule has 5 nitrogen and oxygen atoms in total. The van der Waals surface area contributed by atoms with E-state index in [2.05, 4.69) is 15.5 Å². The molecule has 0 saturated carbocycles. The number of ether oxygens (including phenoxy) is 1. The maximum Gasteiger partial charge on any atom is 0.261 e. The Balaban J connectivity index is 1.64. The van der Waals surface area contributed by atoms with Gasteiger partial charge in [0.05, 0.1) is 12.7 Å². The number of nitrogens with zero attached hydrogens (tertiary/aromatic N) is 2.